The highest BCUT2D eigenvalue weighted by atomic mass is 32.1. The van der Waals surface area contributed by atoms with Crippen LogP contribution in [0.4, 0.5) is 5.82 Å². The quantitative estimate of drug-likeness (QED) is 0.797. The number of aryl methyl sites for hydroxylation is 2. The molecule has 0 radical (unpaired) electrons. The maximum Gasteiger partial charge on any atom is 0.258 e. The summed E-state index contributed by atoms with van der Waals surface area (Å²) in [5, 5.41) is 7.10. The Kier molecular flexibility index (Phi) is 3.06. The summed E-state index contributed by atoms with van der Waals surface area (Å²) in [6, 6.07) is 3.54. The highest BCUT2D eigenvalue weighted by Crippen LogP contribution is 2.15. The van der Waals surface area contributed by atoms with E-state index in [1.165, 1.54) is 11.3 Å². The third-order valence-corrected chi connectivity index (χ3v) is 3.92. The average molecular weight is 289 g/mol. The summed E-state index contributed by atoms with van der Waals surface area (Å²) in [5.41, 5.74) is 1.71. The Labute approximate surface area is 119 Å². The van der Waals surface area contributed by atoms with Gasteiger partial charge in [0, 0.05) is 35.9 Å². The second-order valence-corrected chi connectivity index (χ2v) is 6.06. The summed E-state index contributed by atoms with van der Waals surface area (Å²) in [6.45, 7) is 4.47. The van der Waals surface area contributed by atoms with E-state index >= 15 is 0 Å². The van der Waals surface area contributed by atoms with Gasteiger partial charge in [0.15, 0.2) is 10.8 Å². The first-order valence-electron chi connectivity index (χ1n) is 6.25. The summed E-state index contributed by atoms with van der Waals surface area (Å²) in [4.78, 5) is 20.3. The summed E-state index contributed by atoms with van der Waals surface area (Å²) in [6.07, 6.45) is 1.82. The number of H-pyrrole nitrogens is 1. The summed E-state index contributed by atoms with van der Waals surface area (Å²) >= 11 is 1.52. The van der Waals surface area contributed by atoms with Crippen molar-refractivity contribution in [2.45, 2.75) is 20.4 Å². The van der Waals surface area contributed by atoms with Crippen LogP contribution < -0.4 is 10.5 Å². The van der Waals surface area contributed by atoms with Crippen LogP contribution in [0.2, 0.25) is 0 Å². The maximum absolute atomic E-state index is 12.0. The Morgan fingerprint density at radius 1 is 1.40 bits per heavy atom. The molecule has 0 unspecified atom stereocenters. The number of nitrogens with zero attached hydrogens (tertiary/aromatic N) is 4. The standard InChI is InChI=1S/C13H15N5OS/c1-8-4-11(16-15-8)17(3)7-10-5-12(19)18-6-9(2)20-13(18)14-10/h4-6H,7H2,1-3H3,(H,15,16). The molecule has 3 heterocycles. The first-order valence-corrected chi connectivity index (χ1v) is 7.06. The van der Waals surface area contributed by atoms with Gasteiger partial charge in [0.25, 0.3) is 5.56 Å². The van der Waals surface area contributed by atoms with Crippen molar-refractivity contribution in [2.75, 3.05) is 11.9 Å². The second-order valence-electron chi connectivity index (χ2n) is 4.85. The van der Waals surface area contributed by atoms with E-state index in [1.54, 1.807) is 10.5 Å². The Bertz CT molecular complexity index is 816. The minimum absolute atomic E-state index is 0.0408. The van der Waals surface area contributed by atoms with Gasteiger partial charge in [-0.2, -0.15) is 5.10 Å². The molecule has 0 fully saturated rings. The lowest BCUT2D eigenvalue weighted by atomic mass is 10.3. The van der Waals surface area contributed by atoms with Crippen LogP contribution in [0.5, 0.6) is 0 Å². The molecule has 0 atom stereocenters. The number of anilines is 1. The van der Waals surface area contributed by atoms with Crippen molar-refractivity contribution in [3.8, 4) is 0 Å². The lowest BCUT2D eigenvalue weighted by molar-refractivity contribution is 0.851. The first-order chi connectivity index (χ1) is 9.52. The van der Waals surface area contributed by atoms with Gasteiger partial charge in [-0.1, -0.05) is 0 Å². The van der Waals surface area contributed by atoms with E-state index in [1.807, 2.05) is 38.1 Å². The number of hydrogen-bond acceptors (Lipinski definition) is 5. The molecule has 0 aliphatic carbocycles. The van der Waals surface area contributed by atoms with Crippen molar-refractivity contribution in [1.29, 1.82) is 0 Å². The zero-order chi connectivity index (χ0) is 14.3. The zero-order valence-electron chi connectivity index (χ0n) is 11.5. The smallest absolute Gasteiger partial charge is 0.258 e. The molecular formula is C13H15N5OS. The van der Waals surface area contributed by atoms with Crippen LogP contribution in [0, 0.1) is 13.8 Å². The van der Waals surface area contributed by atoms with Crippen LogP contribution in [0.25, 0.3) is 4.96 Å². The molecule has 20 heavy (non-hydrogen) atoms. The molecule has 104 valence electrons. The van der Waals surface area contributed by atoms with Crippen LogP contribution >= 0.6 is 11.3 Å². The Balaban J connectivity index is 1.92. The lowest BCUT2D eigenvalue weighted by Crippen LogP contribution is -2.21. The van der Waals surface area contributed by atoms with Gasteiger partial charge in [-0.15, -0.1) is 11.3 Å². The molecule has 0 bridgehead atoms. The van der Waals surface area contributed by atoms with Crippen molar-refractivity contribution in [1.82, 2.24) is 19.6 Å². The monoisotopic (exact) mass is 289 g/mol. The molecule has 0 spiro atoms. The number of rotatable bonds is 3. The Morgan fingerprint density at radius 3 is 2.90 bits per heavy atom. The van der Waals surface area contributed by atoms with Crippen molar-refractivity contribution < 1.29 is 0 Å². The minimum Gasteiger partial charge on any atom is -0.352 e. The van der Waals surface area contributed by atoms with Gasteiger partial charge in [0.05, 0.1) is 12.2 Å². The molecule has 3 aromatic rings. The predicted octanol–water partition coefficient (Wildman–Crippen LogP) is 1.73. The molecule has 6 nitrogen and oxygen atoms in total. The fourth-order valence-electron chi connectivity index (χ4n) is 2.06. The van der Waals surface area contributed by atoms with E-state index < -0.39 is 0 Å². The van der Waals surface area contributed by atoms with Crippen molar-refractivity contribution in [2.24, 2.45) is 0 Å². The molecule has 0 amide bonds. The van der Waals surface area contributed by atoms with E-state index in [2.05, 4.69) is 15.2 Å². The molecule has 3 aromatic heterocycles. The van der Waals surface area contributed by atoms with E-state index in [4.69, 9.17) is 0 Å². The molecule has 3 rings (SSSR count). The van der Waals surface area contributed by atoms with E-state index in [-0.39, 0.29) is 5.56 Å². The molecular weight excluding hydrogens is 274 g/mol. The largest absolute Gasteiger partial charge is 0.352 e. The zero-order valence-corrected chi connectivity index (χ0v) is 12.4. The molecule has 1 N–H and O–H groups in total. The van der Waals surface area contributed by atoms with Crippen LogP contribution in [0.15, 0.2) is 23.1 Å². The number of hydrogen-bond donors (Lipinski definition) is 1. The number of fused-ring (bicyclic) bond motifs is 1. The fourth-order valence-corrected chi connectivity index (χ4v) is 2.91. The molecule has 0 aromatic carbocycles. The highest BCUT2D eigenvalue weighted by molar-refractivity contribution is 7.16. The van der Waals surface area contributed by atoms with Crippen LogP contribution in [-0.2, 0) is 6.54 Å². The van der Waals surface area contributed by atoms with Gasteiger partial charge in [-0.3, -0.25) is 14.3 Å². The van der Waals surface area contributed by atoms with Crippen molar-refractivity contribution in [3.63, 3.8) is 0 Å². The SMILES string of the molecule is Cc1cc(N(C)Cc2cc(=O)n3cc(C)sc3n2)n[nH]1. The highest BCUT2D eigenvalue weighted by Gasteiger charge is 2.09. The molecule has 0 aliphatic rings. The van der Waals surface area contributed by atoms with E-state index in [9.17, 15) is 4.79 Å². The van der Waals surface area contributed by atoms with Gasteiger partial charge in [-0.25, -0.2) is 4.98 Å². The normalized spacial score (nSPS) is 11.2. The van der Waals surface area contributed by atoms with Gasteiger partial charge >= 0.3 is 0 Å². The second kappa shape index (κ2) is 4.75. The molecule has 7 heteroatoms. The lowest BCUT2D eigenvalue weighted by Gasteiger charge is -2.15. The fraction of sp³-hybridized carbons (Fsp3) is 0.308. The van der Waals surface area contributed by atoms with Gasteiger partial charge < -0.3 is 4.90 Å². The number of thiazole rings is 1. The summed E-state index contributed by atoms with van der Waals surface area (Å²) < 4.78 is 1.59. The van der Waals surface area contributed by atoms with Gasteiger partial charge in [0.1, 0.15) is 0 Å². The number of aromatic amines is 1. The van der Waals surface area contributed by atoms with E-state index in [0.29, 0.717) is 6.54 Å². The third kappa shape index (κ3) is 2.32. The predicted molar refractivity (Wildman–Crippen MR) is 79.5 cm³/mol. The Morgan fingerprint density at radius 2 is 2.20 bits per heavy atom. The Hall–Kier alpha value is -2.15. The van der Waals surface area contributed by atoms with Crippen molar-refractivity contribution in [3.05, 3.63) is 44.9 Å². The third-order valence-electron chi connectivity index (χ3n) is 3.02. The summed E-state index contributed by atoms with van der Waals surface area (Å²) in [5.74, 6) is 0.840. The molecule has 0 aliphatic heterocycles. The topological polar surface area (TPSA) is 66.3 Å². The molecule has 0 saturated carbocycles. The van der Waals surface area contributed by atoms with Crippen LogP contribution in [-0.4, -0.2) is 26.6 Å². The minimum atomic E-state index is -0.0408. The van der Waals surface area contributed by atoms with Crippen molar-refractivity contribution >= 4 is 22.1 Å². The first kappa shape index (κ1) is 12.9. The molecule has 0 saturated heterocycles. The summed E-state index contributed by atoms with van der Waals surface area (Å²) in [7, 11) is 1.93. The average Bonchev–Trinajstić information content (AvgIpc) is 2.95. The number of aromatic nitrogens is 4. The number of nitrogens with one attached hydrogen (secondary N) is 1. The van der Waals surface area contributed by atoms with Gasteiger partial charge in [0.2, 0.25) is 0 Å². The van der Waals surface area contributed by atoms with E-state index in [0.717, 1.165) is 27.0 Å². The van der Waals surface area contributed by atoms with Crippen LogP contribution in [0.3, 0.4) is 0 Å². The van der Waals surface area contributed by atoms with Gasteiger partial charge in [-0.05, 0) is 13.8 Å². The van der Waals surface area contributed by atoms with Crippen LogP contribution in [0.1, 0.15) is 16.3 Å². The maximum atomic E-state index is 12.0.